The number of anilines is 1. The van der Waals surface area contributed by atoms with Gasteiger partial charge in [-0.15, -0.1) is 0 Å². The summed E-state index contributed by atoms with van der Waals surface area (Å²) in [7, 11) is 0. The Labute approximate surface area is 121 Å². The zero-order chi connectivity index (χ0) is 14.8. The van der Waals surface area contributed by atoms with Crippen LogP contribution in [0, 0.1) is 13.8 Å². The molecular weight excluding hydrogens is 268 g/mol. The Morgan fingerprint density at radius 3 is 2.76 bits per heavy atom. The smallest absolute Gasteiger partial charge is 0.328 e. The van der Waals surface area contributed by atoms with Gasteiger partial charge in [0.25, 0.3) is 0 Å². The monoisotopic (exact) mass is 282 g/mol. The first-order valence-electron chi connectivity index (χ1n) is 6.37. The van der Waals surface area contributed by atoms with Crippen LogP contribution in [-0.4, -0.2) is 24.5 Å². The van der Waals surface area contributed by atoms with Gasteiger partial charge in [-0.25, -0.2) is 4.98 Å². The van der Waals surface area contributed by atoms with Crippen LogP contribution >= 0.6 is 0 Å². The molecular formula is C14H14N6O. The topological polar surface area (TPSA) is 91.7 Å². The van der Waals surface area contributed by atoms with Crippen molar-refractivity contribution in [3.63, 3.8) is 0 Å². The molecule has 0 amide bonds. The normalized spacial score (nSPS) is 10.6. The Morgan fingerprint density at radius 1 is 1.14 bits per heavy atom. The van der Waals surface area contributed by atoms with Gasteiger partial charge in [0.2, 0.25) is 11.9 Å². The van der Waals surface area contributed by atoms with E-state index in [1.54, 1.807) is 23.3 Å². The van der Waals surface area contributed by atoms with E-state index in [4.69, 9.17) is 10.5 Å². The summed E-state index contributed by atoms with van der Waals surface area (Å²) in [4.78, 5) is 16.3. The number of hydrogen-bond donors (Lipinski definition) is 1. The fraction of sp³-hybridized carbons (Fsp3) is 0.143. The summed E-state index contributed by atoms with van der Waals surface area (Å²) in [5.74, 6) is 1.14. The van der Waals surface area contributed by atoms with Gasteiger partial charge in [0.05, 0.1) is 0 Å². The van der Waals surface area contributed by atoms with Crippen molar-refractivity contribution in [2.75, 3.05) is 5.73 Å². The van der Waals surface area contributed by atoms with E-state index >= 15 is 0 Å². The second-order valence-electron chi connectivity index (χ2n) is 4.62. The van der Waals surface area contributed by atoms with Crippen LogP contribution in [0.4, 0.5) is 5.95 Å². The third-order valence-corrected chi connectivity index (χ3v) is 2.90. The molecule has 2 N–H and O–H groups in total. The van der Waals surface area contributed by atoms with E-state index in [0.717, 1.165) is 11.1 Å². The van der Waals surface area contributed by atoms with Crippen molar-refractivity contribution in [3.05, 3.63) is 48.0 Å². The van der Waals surface area contributed by atoms with Crippen molar-refractivity contribution >= 4 is 5.95 Å². The second kappa shape index (κ2) is 5.20. The number of aryl methyl sites for hydroxylation is 2. The highest BCUT2D eigenvalue weighted by Gasteiger charge is 2.09. The van der Waals surface area contributed by atoms with Gasteiger partial charge in [0.15, 0.2) is 0 Å². The van der Waals surface area contributed by atoms with Gasteiger partial charge < -0.3 is 10.5 Å². The van der Waals surface area contributed by atoms with E-state index in [-0.39, 0.29) is 12.0 Å². The van der Waals surface area contributed by atoms with Crippen LogP contribution in [0.2, 0.25) is 0 Å². The Balaban J connectivity index is 1.97. The molecule has 0 unspecified atom stereocenters. The molecule has 0 aliphatic rings. The van der Waals surface area contributed by atoms with Crippen LogP contribution in [0.15, 0.2) is 36.9 Å². The van der Waals surface area contributed by atoms with E-state index in [1.165, 1.54) is 0 Å². The number of ether oxygens (including phenoxy) is 1. The minimum Gasteiger partial charge on any atom is -0.424 e. The Hall–Kier alpha value is -2.96. The van der Waals surface area contributed by atoms with E-state index < -0.39 is 0 Å². The summed E-state index contributed by atoms with van der Waals surface area (Å²) in [6.07, 6.45) is 4.93. The lowest BCUT2D eigenvalue weighted by Gasteiger charge is -2.09. The highest BCUT2D eigenvalue weighted by Crippen LogP contribution is 2.24. The maximum Gasteiger partial charge on any atom is 0.328 e. The first-order chi connectivity index (χ1) is 10.1. The molecule has 0 saturated heterocycles. The van der Waals surface area contributed by atoms with Crippen LogP contribution < -0.4 is 10.5 Å². The molecule has 3 rings (SSSR count). The zero-order valence-electron chi connectivity index (χ0n) is 11.7. The Morgan fingerprint density at radius 2 is 2.00 bits per heavy atom. The number of imidazole rings is 1. The first-order valence-corrected chi connectivity index (χ1v) is 6.37. The average Bonchev–Trinajstić information content (AvgIpc) is 2.96. The van der Waals surface area contributed by atoms with Gasteiger partial charge in [0.1, 0.15) is 12.1 Å². The molecule has 21 heavy (non-hydrogen) atoms. The molecule has 0 aliphatic carbocycles. The van der Waals surface area contributed by atoms with Gasteiger partial charge in [-0.05, 0) is 31.0 Å². The number of rotatable bonds is 3. The molecule has 0 saturated carbocycles. The van der Waals surface area contributed by atoms with Crippen molar-refractivity contribution in [2.24, 2.45) is 0 Å². The molecule has 3 aromatic rings. The number of nitrogen functional groups attached to an aromatic ring is 1. The maximum absolute atomic E-state index is 5.73. The maximum atomic E-state index is 5.73. The van der Waals surface area contributed by atoms with Crippen molar-refractivity contribution in [3.8, 4) is 17.7 Å². The quantitative estimate of drug-likeness (QED) is 0.790. The highest BCUT2D eigenvalue weighted by molar-refractivity contribution is 5.38. The van der Waals surface area contributed by atoms with E-state index in [9.17, 15) is 0 Å². The molecule has 0 radical (unpaired) electrons. The standard InChI is InChI=1S/C14H14N6O/c1-9-3-4-10(2)11(7-9)21-14-18-12(15)17-13(19-14)20-6-5-16-8-20/h3-8H,1-2H3,(H2,15,17,18,19). The van der Waals surface area contributed by atoms with E-state index in [2.05, 4.69) is 19.9 Å². The molecule has 0 atom stereocenters. The lowest BCUT2D eigenvalue weighted by atomic mass is 10.1. The minimum atomic E-state index is 0.0917. The zero-order valence-corrected chi connectivity index (χ0v) is 11.7. The number of aromatic nitrogens is 5. The molecule has 0 fully saturated rings. The van der Waals surface area contributed by atoms with Crippen molar-refractivity contribution < 1.29 is 4.74 Å². The van der Waals surface area contributed by atoms with Crippen molar-refractivity contribution in [1.82, 2.24) is 24.5 Å². The third-order valence-electron chi connectivity index (χ3n) is 2.90. The number of nitrogens with zero attached hydrogens (tertiary/aromatic N) is 5. The van der Waals surface area contributed by atoms with E-state index in [1.807, 2.05) is 32.0 Å². The van der Waals surface area contributed by atoms with Gasteiger partial charge >= 0.3 is 6.01 Å². The summed E-state index contributed by atoms with van der Waals surface area (Å²) in [5.41, 5.74) is 7.79. The van der Waals surface area contributed by atoms with Crippen LogP contribution in [0.5, 0.6) is 11.8 Å². The number of hydrogen-bond acceptors (Lipinski definition) is 6. The molecule has 0 spiro atoms. The summed E-state index contributed by atoms with van der Waals surface area (Å²) >= 11 is 0. The van der Waals surface area contributed by atoms with Crippen molar-refractivity contribution in [2.45, 2.75) is 13.8 Å². The number of nitrogens with two attached hydrogens (primary N) is 1. The molecule has 0 bridgehead atoms. The first kappa shape index (κ1) is 13.0. The summed E-state index contributed by atoms with van der Waals surface area (Å²) in [6.45, 7) is 3.95. The Bertz CT molecular complexity index is 769. The SMILES string of the molecule is Cc1ccc(C)c(Oc2nc(N)nc(-n3ccnc3)n2)c1. The summed E-state index contributed by atoms with van der Waals surface area (Å²) in [5, 5.41) is 0. The van der Waals surface area contributed by atoms with Crippen LogP contribution in [0.1, 0.15) is 11.1 Å². The molecule has 0 aliphatic heterocycles. The molecule has 7 heteroatoms. The minimum absolute atomic E-state index is 0.0917. The molecule has 2 aromatic heterocycles. The molecule has 106 valence electrons. The molecule has 1 aromatic carbocycles. The highest BCUT2D eigenvalue weighted by atomic mass is 16.5. The van der Waals surface area contributed by atoms with Gasteiger partial charge in [-0.1, -0.05) is 12.1 Å². The van der Waals surface area contributed by atoms with Crippen LogP contribution in [0.3, 0.4) is 0 Å². The fourth-order valence-electron chi connectivity index (χ4n) is 1.82. The number of benzene rings is 1. The van der Waals surface area contributed by atoms with Gasteiger partial charge in [-0.2, -0.15) is 15.0 Å². The van der Waals surface area contributed by atoms with E-state index in [0.29, 0.717) is 11.7 Å². The van der Waals surface area contributed by atoms with Crippen molar-refractivity contribution in [1.29, 1.82) is 0 Å². The Kier molecular flexibility index (Phi) is 3.23. The predicted molar refractivity (Wildman–Crippen MR) is 77.4 cm³/mol. The molecule has 7 nitrogen and oxygen atoms in total. The molecule has 2 heterocycles. The van der Waals surface area contributed by atoms with Crippen LogP contribution in [0.25, 0.3) is 5.95 Å². The lowest BCUT2D eigenvalue weighted by Crippen LogP contribution is -2.06. The third kappa shape index (κ3) is 2.81. The second-order valence-corrected chi connectivity index (χ2v) is 4.62. The van der Waals surface area contributed by atoms with Gasteiger partial charge in [0, 0.05) is 12.4 Å². The largest absolute Gasteiger partial charge is 0.424 e. The average molecular weight is 282 g/mol. The van der Waals surface area contributed by atoms with Crippen LogP contribution in [-0.2, 0) is 0 Å². The summed E-state index contributed by atoms with van der Waals surface area (Å²) in [6, 6.07) is 6.07. The lowest BCUT2D eigenvalue weighted by molar-refractivity contribution is 0.436. The predicted octanol–water partition coefficient (Wildman–Crippen LogP) is 2.05. The fourth-order valence-corrected chi connectivity index (χ4v) is 1.82. The summed E-state index contributed by atoms with van der Waals surface area (Å²) < 4.78 is 7.37. The van der Waals surface area contributed by atoms with Gasteiger partial charge in [-0.3, -0.25) is 4.57 Å².